The highest BCUT2D eigenvalue weighted by Crippen LogP contribution is 2.29. The van der Waals surface area contributed by atoms with Crippen molar-refractivity contribution in [2.75, 3.05) is 31.1 Å². The lowest BCUT2D eigenvalue weighted by Crippen LogP contribution is -2.30. The molecular weight excluding hydrogens is 345 g/mol. The molecule has 0 aliphatic carbocycles. The Labute approximate surface area is 157 Å². The summed E-state index contributed by atoms with van der Waals surface area (Å²) in [6.45, 7) is 2.52. The lowest BCUT2D eigenvalue weighted by molar-refractivity contribution is -0.129. The van der Waals surface area contributed by atoms with Gasteiger partial charge in [0, 0.05) is 37.8 Å². The van der Waals surface area contributed by atoms with Gasteiger partial charge in [-0.2, -0.15) is 0 Å². The van der Waals surface area contributed by atoms with Crippen molar-refractivity contribution < 1.29 is 14.0 Å². The summed E-state index contributed by atoms with van der Waals surface area (Å²) >= 11 is 0. The van der Waals surface area contributed by atoms with Crippen LogP contribution in [0.5, 0.6) is 0 Å². The Balaban J connectivity index is 1.37. The van der Waals surface area contributed by atoms with Crippen molar-refractivity contribution in [2.45, 2.75) is 18.8 Å². The maximum atomic E-state index is 14.0. The Morgan fingerprint density at radius 1 is 1.11 bits per heavy atom. The number of anilines is 1. The number of benzene rings is 2. The van der Waals surface area contributed by atoms with Crippen molar-refractivity contribution in [1.82, 2.24) is 10.2 Å². The van der Waals surface area contributed by atoms with E-state index < -0.39 is 0 Å². The van der Waals surface area contributed by atoms with Crippen LogP contribution in [0.4, 0.5) is 14.9 Å². The van der Waals surface area contributed by atoms with E-state index in [1.165, 1.54) is 6.07 Å². The van der Waals surface area contributed by atoms with Gasteiger partial charge in [-0.15, -0.1) is 0 Å². The molecule has 5 nitrogen and oxygen atoms in total. The molecule has 0 radical (unpaired) electrons. The molecule has 1 atom stereocenters. The minimum absolute atomic E-state index is 0.0560. The average Bonchev–Trinajstić information content (AvgIpc) is 3.32. The molecule has 2 fully saturated rings. The van der Waals surface area contributed by atoms with Gasteiger partial charge in [-0.05, 0) is 35.7 Å². The van der Waals surface area contributed by atoms with E-state index in [1.54, 1.807) is 17.0 Å². The van der Waals surface area contributed by atoms with Crippen LogP contribution in [0.2, 0.25) is 0 Å². The molecule has 2 aromatic carbocycles. The SMILES string of the molecule is O=C(Cc1ccc(N2CCNC2=O)cc1)N1CC[C@@H](c2ccccc2F)C1. The number of nitrogens with one attached hydrogen (secondary N) is 1. The lowest BCUT2D eigenvalue weighted by Gasteiger charge is -2.18. The Hall–Kier alpha value is -2.89. The van der Waals surface area contributed by atoms with Gasteiger partial charge in [0.05, 0.1) is 6.42 Å². The van der Waals surface area contributed by atoms with E-state index in [4.69, 9.17) is 0 Å². The molecule has 0 bridgehead atoms. The molecule has 0 saturated carbocycles. The van der Waals surface area contributed by atoms with Crippen LogP contribution in [0.1, 0.15) is 23.5 Å². The van der Waals surface area contributed by atoms with Gasteiger partial charge >= 0.3 is 6.03 Å². The molecule has 140 valence electrons. The van der Waals surface area contributed by atoms with Gasteiger partial charge in [0.15, 0.2) is 0 Å². The fourth-order valence-electron chi connectivity index (χ4n) is 3.84. The van der Waals surface area contributed by atoms with Crippen molar-refractivity contribution in [3.8, 4) is 0 Å². The molecule has 2 aliphatic heterocycles. The maximum Gasteiger partial charge on any atom is 0.321 e. The number of carbonyl (C=O) groups excluding carboxylic acids is 2. The number of likely N-dealkylation sites (tertiary alicyclic amines) is 1. The zero-order valence-electron chi connectivity index (χ0n) is 15.0. The minimum atomic E-state index is -0.196. The minimum Gasteiger partial charge on any atom is -0.342 e. The van der Waals surface area contributed by atoms with Gasteiger partial charge in [0.1, 0.15) is 5.82 Å². The number of nitrogens with zero attached hydrogens (tertiary/aromatic N) is 2. The van der Waals surface area contributed by atoms with Crippen LogP contribution in [0.3, 0.4) is 0 Å². The van der Waals surface area contributed by atoms with Crippen molar-refractivity contribution in [1.29, 1.82) is 0 Å². The summed E-state index contributed by atoms with van der Waals surface area (Å²) in [4.78, 5) is 27.8. The van der Waals surface area contributed by atoms with Gasteiger partial charge in [-0.25, -0.2) is 9.18 Å². The molecule has 2 saturated heterocycles. The van der Waals surface area contributed by atoms with E-state index in [-0.39, 0.29) is 23.7 Å². The van der Waals surface area contributed by atoms with Crippen LogP contribution in [0.25, 0.3) is 0 Å². The van der Waals surface area contributed by atoms with Gasteiger partial charge < -0.3 is 10.2 Å². The van der Waals surface area contributed by atoms with E-state index in [1.807, 2.05) is 35.2 Å². The van der Waals surface area contributed by atoms with Crippen LogP contribution < -0.4 is 10.2 Å². The topological polar surface area (TPSA) is 52.7 Å². The summed E-state index contributed by atoms with van der Waals surface area (Å²) in [5.74, 6) is -0.0787. The third-order valence-corrected chi connectivity index (χ3v) is 5.35. The van der Waals surface area contributed by atoms with E-state index in [0.29, 0.717) is 38.2 Å². The lowest BCUT2D eigenvalue weighted by atomic mass is 9.98. The molecular formula is C21H22FN3O2. The number of urea groups is 1. The number of hydrogen-bond donors (Lipinski definition) is 1. The predicted molar refractivity (Wildman–Crippen MR) is 101 cm³/mol. The van der Waals surface area contributed by atoms with Gasteiger partial charge in [0.2, 0.25) is 5.91 Å². The zero-order valence-corrected chi connectivity index (χ0v) is 15.0. The van der Waals surface area contributed by atoms with E-state index in [2.05, 4.69) is 5.32 Å². The molecule has 1 N–H and O–H groups in total. The second-order valence-electron chi connectivity index (χ2n) is 7.07. The van der Waals surface area contributed by atoms with E-state index >= 15 is 0 Å². The molecule has 0 unspecified atom stereocenters. The monoisotopic (exact) mass is 367 g/mol. The fourth-order valence-corrected chi connectivity index (χ4v) is 3.84. The van der Waals surface area contributed by atoms with Crippen LogP contribution in [0, 0.1) is 5.82 Å². The first-order chi connectivity index (χ1) is 13.1. The van der Waals surface area contributed by atoms with Crippen LogP contribution in [0.15, 0.2) is 48.5 Å². The quantitative estimate of drug-likeness (QED) is 0.903. The van der Waals surface area contributed by atoms with Crippen molar-refractivity contribution in [2.24, 2.45) is 0 Å². The highest BCUT2D eigenvalue weighted by molar-refractivity contribution is 5.94. The smallest absolute Gasteiger partial charge is 0.321 e. The molecule has 2 aliphatic rings. The summed E-state index contributed by atoms with van der Waals surface area (Å²) in [5, 5.41) is 2.77. The molecule has 2 heterocycles. The Kier molecular flexibility index (Phi) is 4.79. The first kappa shape index (κ1) is 17.5. The van der Waals surface area contributed by atoms with Gasteiger partial charge in [-0.1, -0.05) is 30.3 Å². The second-order valence-corrected chi connectivity index (χ2v) is 7.07. The summed E-state index contributed by atoms with van der Waals surface area (Å²) in [7, 11) is 0. The molecule has 6 heteroatoms. The van der Waals surface area contributed by atoms with E-state index in [0.717, 1.165) is 17.7 Å². The summed E-state index contributed by atoms with van der Waals surface area (Å²) in [5.41, 5.74) is 2.45. The summed E-state index contributed by atoms with van der Waals surface area (Å²) < 4.78 is 14.0. The number of halogens is 1. The fraction of sp³-hybridized carbons (Fsp3) is 0.333. The predicted octanol–water partition coefficient (Wildman–Crippen LogP) is 2.91. The number of carbonyl (C=O) groups is 2. The third-order valence-electron chi connectivity index (χ3n) is 5.35. The average molecular weight is 367 g/mol. The maximum absolute atomic E-state index is 14.0. The Morgan fingerprint density at radius 3 is 2.59 bits per heavy atom. The second kappa shape index (κ2) is 7.39. The molecule has 27 heavy (non-hydrogen) atoms. The third kappa shape index (κ3) is 3.65. The Bertz CT molecular complexity index is 853. The van der Waals surface area contributed by atoms with Gasteiger partial charge in [-0.3, -0.25) is 9.69 Å². The Morgan fingerprint density at radius 2 is 1.89 bits per heavy atom. The summed E-state index contributed by atoms with van der Waals surface area (Å²) in [6.07, 6.45) is 1.10. The first-order valence-electron chi connectivity index (χ1n) is 9.28. The van der Waals surface area contributed by atoms with E-state index in [9.17, 15) is 14.0 Å². The highest BCUT2D eigenvalue weighted by Gasteiger charge is 2.28. The van der Waals surface area contributed by atoms with Crippen LogP contribution in [-0.2, 0) is 11.2 Å². The van der Waals surface area contributed by atoms with Crippen molar-refractivity contribution in [3.63, 3.8) is 0 Å². The van der Waals surface area contributed by atoms with Crippen molar-refractivity contribution in [3.05, 3.63) is 65.5 Å². The van der Waals surface area contributed by atoms with Crippen LogP contribution >= 0.6 is 0 Å². The molecule has 2 aromatic rings. The largest absolute Gasteiger partial charge is 0.342 e. The molecule has 3 amide bonds. The normalized spacial score (nSPS) is 19.4. The molecule has 4 rings (SSSR count). The molecule has 0 spiro atoms. The summed E-state index contributed by atoms with van der Waals surface area (Å²) in [6, 6.07) is 14.3. The number of rotatable bonds is 4. The number of amides is 3. The highest BCUT2D eigenvalue weighted by atomic mass is 19.1. The standard InChI is InChI=1S/C21H22FN3O2/c22-19-4-2-1-3-18(19)16-9-11-24(14-16)20(26)13-15-5-7-17(8-6-15)25-12-10-23-21(25)27/h1-8,16H,9-14H2,(H,23,27)/t16-/m1/s1. The van der Waals surface area contributed by atoms with Crippen molar-refractivity contribution >= 4 is 17.6 Å². The number of hydrogen-bond acceptors (Lipinski definition) is 2. The zero-order chi connectivity index (χ0) is 18.8. The first-order valence-corrected chi connectivity index (χ1v) is 9.28. The molecule has 0 aromatic heterocycles. The van der Waals surface area contributed by atoms with Gasteiger partial charge in [0.25, 0.3) is 0 Å². The van der Waals surface area contributed by atoms with Crippen LogP contribution in [-0.4, -0.2) is 43.0 Å².